The third kappa shape index (κ3) is 1.92. The van der Waals surface area contributed by atoms with E-state index in [0.717, 1.165) is 0 Å². The van der Waals surface area contributed by atoms with Crippen LogP contribution in [0.3, 0.4) is 0 Å². The fraction of sp³-hybridized carbons (Fsp3) is 0. The van der Waals surface area contributed by atoms with Crippen LogP contribution in [-0.4, -0.2) is 25.4 Å². The van der Waals surface area contributed by atoms with Crippen molar-refractivity contribution in [2.75, 3.05) is 0 Å². The van der Waals surface area contributed by atoms with Gasteiger partial charge in [-0.2, -0.15) is 0 Å². The fourth-order valence-electron chi connectivity index (χ4n) is 1.41. The summed E-state index contributed by atoms with van der Waals surface area (Å²) in [7, 11) is 0. The molecule has 0 spiro atoms. The first-order valence-electron chi connectivity index (χ1n) is 4.44. The standard InChI is InChI=1S/C11H6BrNSTe/c12-10-6-5-8(14-10)11-13-7-3-1-2-4-9(7)15-11/h1-6H. The summed E-state index contributed by atoms with van der Waals surface area (Å²) in [5, 5.41) is 0. The van der Waals surface area contributed by atoms with Crippen molar-refractivity contribution in [2.24, 2.45) is 0 Å². The Kier molecular flexibility index (Phi) is 2.70. The van der Waals surface area contributed by atoms with E-state index in [4.69, 9.17) is 4.98 Å². The number of halogens is 1. The number of aromatic nitrogens is 1. The summed E-state index contributed by atoms with van der Waals surface area (Å²) < 4.78 is 3.96. The van der Waals surface area contributed by atoms with Gasteiger partial charge in [0.15, 0.2) is 0 Å². The van der Waals surface area contributed by atoms with E-state index < -0.39 is 0 Å². The van der Waals surface area contributed by atoms with Gasteiger partial charge < -0.3 is 0 Å². The first kappa shape index (κ1) is 10.0. The van der Waals surface area contributed by atoms with Crippen molar-refractivity contribution in [2.45, 2.75) is 0 Å². The molecule has 1 aromatic carbocycles. The van der Waals surface area contributed by atoms with Crippen LogP contribution in [0, 0.1) is 0 Å². The maximum atomic E-state index is 4.70. The number of hydrogen-bond acceptors (Lipinski definition) is 2. The van der Waals surface area contributed by atoms with Crippen LogP contribution in [0.4, 0.5) is 0 Å². The van der Waals surface area contributed by atoms with Crippen molar-refractivity contribution in [3.05, 3.63) is 40.2 Å². The second-order valence-electron chi connectivity index (χ2n) is 3.09. The van der Waals surface area contributed by atoms with Crippen LogP contribution in [0.25, 0.3) is 17.5 Å². The molecular weight excluding hydrogens is 386 g/mol. The molecule has 0 N–H and O–H groups in total. The second kappa shape index (κ2) is 4.03. The van der Waals surface area contributed by atoms with Gasteiger partial charge in [0.05, 0.1) is 0 Å². The van der Waals surface area contributed by atoms with Gasteiger partial charge in [-0.05, 0) is 0 Å². The van der Waals surface area contributed by atoms with Crippen LogP contribution in [0.1, 0.15) is 0 Å². The molecule has 0 aliphatic rings. The average molecular weight is 392 g/mol. The topological polar surface area (TPSA) is 12.9 Å². The third-order valence-corrected chi connectivity index (χ3v) is 7.16. The van der Waals surface area contributed by atoms with Crippen molar-refractivity contribution < 1.29 is 0 Å². The number of para-hydroxylation sites is 1. The molecular formula is C11H6BrNSTe. The molecule has 15 heavy (non-hydrogen) atoms. The molecule has 0 saturated heterocycles. The van der Waals surface area contributed by atoms with Gasteiger partial charge in [-0.25, -0.2) is 0 Å². The zero-order valence-corrected chi connectivity index (χ0v) is 12.3. The maximum absolute atomic E-state index is 4.70. The zero-order chi connectivity index (χ0) is 10.3. The van der Waals surface area contributed by atoms with Gasteiger partial charge in [-0.15, -0.1) is 0 Å². The van der Waals surface area contributed by atoms with E-state index in [1.54, 1.807) is 11.3 Å². The molecule has 4 heteroatoms. The Labute approximate surface area is 110 Å². The molecule has 3 aromatic rings. The molecule has 1 nitrogen and oxygen atoms in total. The Morgan fingerprint density at radius 2 is 2.00 bits per heavy atom. The number of fused-ring (bicyclic) bond motifs is 1. The van der Waals surface area contributed by atoms with Gasteiger partial charge in [-0.1, -0.05) is 0 Å². The molecule has 0 fully saturated rings. The van der Waals surface area contributed by atoms with Gasteiger partial charge in [0, 0.05) is 0 Å². The summed E-state index contributed by atoms with van der Waals surface area (Å²) in [5.74, 6) is 0. The molecule has 0 bridgehead atoms. The van der Waals surface area contributed by atoms with Crippen molar-refractivity contribution >= 4 is 56.6 Å². The van der Waals surface area contributed by atoms with E-state index in [1.807, 2.05) is 0 Å². The van der Waals surface area contributed by atoms with Gasteiger partial charge >= 0.3 is 110 Å². The molecule has 2 heterocycles. The van der Waals surface area contributed by atoms with E-state index >= 15 is 0 Å². The van der Waals surface area contributed by atoms with Gasteiger partial charge in [0.25, 0.3) is 0 Å². The molecule has 3 rings (SSSR count). The fourth-order valence-corrected chi connectivity index (χ4v) is 5.84. The summed E-state index contributed by atoms with van der Waals surface area (Å²) in [6.07, 6.45) is 0. The molecule has 2 aromatic heterocycles. The van der Waals surface area contributed by atoms with Crippen molar-refractivity contribution in [1.82, 2.24) is 4.98 Å². The first-order valence-corrected chi connectivity index (χ1v) is 8.38. The summed E-state index contributed by atoms with van der Waals surface area (Å²) in [4.78, 5) is 6.02. The van der Waals surface area contributed by atoms with E-state index in [0.29, 0.717) is 0 Å². The Hall–Kier alpha value is -0.140. The van der Waals surface area contributed by atoms with Crippen molar-refractivity contribution in [1.29, 1.82) is 0 Å². The van der Waals surface area contributed by atoms with Crippen molar-refractivity contribution in [3.8, 4) is 8.59 Å². The SMILES string of the molecule is Brc1ccc(-c2nc3ccccc3[te]2)s1. The number of hydrogen-bond donors (Lipinski definition) is 0. The minimum atomic E-state index is -0.257. The predicted octanol–water partition coefficient (Wildman–Crippen LogP) is 3.78. The molecule has 0 aliphatic heterocycles. The normalized spacial score (nSPS) is 11.0. The summed E-state index contributed by atoms with van der Waals surface area (Å²) in [5.41, 5.74) is 1.18. The van der Waals surface area contributed by atoms with Crippen LogP contribution in [0.2, 0.25) is 0 Å². The van der Waals surface area contributed by atoms with Crippen LogP contribution in [0.15, 0.2) is 40.2 Å². The minimum absolute atomic E-state index is 0.257. The van der Waals surface area contributed by atoms with E-state index in [9.17, 15) is 0 Å². The van der Waals surface area contributed by atoms with Crippen LogP contribution in [0.5, 0.6) is 0 Å². The van der Waals surface area contributed by atoms with Crippen LogP contribution >= 0.6 is 27.3 Å². The molecule has 0 unspecified atom stereocenters. The van der Waals surface area contributed by atoms with Gasteiger partial charge in [0.2, 0.25) is 0 Å². The Morgan fingerprint density at radius 3 is 2.73 bits per heavy atom. The van der Waals surface area contributed by atoms with Crippen LogP contribution in [-0.2, 0) is 0 Å². The molecule has 0 atom stereocenters. The second-order valence-corrected chi connectivity index (χ2v) is 8.50. The molecule has 0 radical (unpaired) electrons. The Morgan fingerprint density at radius 1 is 1.13 bits per heavy atom. The molecule has 0 saturated carbocycles. The molecule has 0 aliphatic carbocycles. The van der Waals surface area contributed by atoms with Gasteiger partial charge in [-0.3, -0.25) is 0 Å². The summed E-state index contributed by atoms with van der Waals surface area (Å²) in [6.45, 7) is 0. The zero-order valence-electron chi connectivity index (χ0n) is 7.61. The first-order chi connectivity index (χ1) is 7.33. The van der Waals surface area contributed by atoms with Crippen molar-refractivity contribution in [3.63, 3.8) is 0 Å². The third-order valence-electron chi connectivity index (χ3n) is 2.08. The number of benzene rings is 1. The molecule has 74 valence electrons. The molecule has 0 amide bonds. The number of thiophene rings is 1. The quantitative estimate of drug-likeness (QED) is 0.575. The summed E-state index contributed by atoms with van der Waals surface area (Å²) in [6, 6.07) is 12.7. The van der Waals surface area contributed by atoms with E-state index in [2.05, 4.69) is 52.3 Å². The van der Waals surface area contributed by atoms with Crippen LogP contribution < -0.4 is 0 Å². The Balaban J connectivity index is 2.19. The Bertz CT molecular complexity index is 581. The number of rotatable bonds is 1. The summed E-state index contributed by atoms with van der Waals surface area (Å²) >= 11 is 5.01. The number of nitrogens with zero attached hydrogens (tertiary/aromatic N) is 1. The van der Waals surface area contributed by atoms with E-state index in [1.165, 1.54) is 21.3 Å². The monoisotopic (exact) mass is 393 g/mol. The van der Waals surface area contributed by atoms with Gasteiger partial charge in [0.1, 0.15) is 0 Å². The van der Waals surface area contributed by atoms with E-state index in [-0.39, 0.29) is 20.4 Å². The predicted molar refractivity (Wildman–Crippen MR) is 69.7 cm³/mol. The average Bonchev–Trinajstić information content (AvgIpc) is 2.82.